The van der Waals surface area contributed by atoms with Crippen molar-refractivity contribution < 1.29 is 4.74 Å². The molecule has 0 radical (unpaired) electrons. The Labute approximate surface area is 122 Å². The molecule has 5 heteroatoms. The highest BCUT2D eigenvalue weighted by Gasteiger charge is 2.01. The van der Waals surface area contributed by atoms with Crippen LogP contribution in [0.2, 0.25) is 0 Å². The summed E-state index contributed by atoms with van der Waals surface area (Å²) in [5.74, 6) is 2.15. The van der Waals surface area contributed by atoms with Crippen LogP contribution < -0.4 is 15.8 Å². The van der Waals surface area contributed by atoms with Crippen molar-refractivity contribution in [1.82, 2.24) is 9.97 Å². The average Bonchev–Trinajstić information content (AvgIpc) is 2.52. The SMILES string of the molecule is Nc1cncnc1Nc1ccc(Oc2ccccc2)cc1. The minimum Gasteiger partial charge on any atom is -0.457 e. The summed E-state index contributed by atoms with van der Waals surface area (Å²) in [6, 6.07) is 17.2. The fourth-order valence-corrected chi connectivity index (χ4v) is 1.81. The van der Waals surface area contributed by atoms with E-state index < -0.39 is 0 Å². The van der Waals surface area contributed by atoms with E-state index in [1.165, 1.54) is 6.33 Å². The Hall–Kier alpha value is -3.08. The molecule has 1 heterocycles. The van der Waals surface area contributed by atoms with Crippen LogP contribution in [-0.2, 0) is 0 Å². The molecule has 0 spiro atoms. The van der Waals surface area contributed by atoms with Crippen LogP contribution in [0.4, 0.5) is 17.2 Å². The molecule has 104 valence electrons. The fraction of sp³-hybridized carbons (Fsp3) is 0. The van der Waals surface area contributed by atoms with Crippen LogP contribution in [0.15, 0.2) is 67.1 Å². The first-order chi connectivity index (χ1) is 10.3. The molecule has 3 aromatic rings. The van der Waals surface area contributed by atoms with E-state index in [2.05, 4.69) is 15.3 Å². The van der Waals surface area contributed by atoms with Gasteiger partial charge in [0.05, 0.1) is 11.9 Å². The summed E-state index contributed by atoms with van der Waals surface area (Å²) in [4.78, 5) is 7.94. The Kier molecular flexibility index (Phi) is 3.64. The molecule has 3 rings (SSSR count). The summed E-state index contributed by atoms with van der Waals surface area (Å²) in [5.41, 5.74) is 7.17. The lowest BCUT2D eigenvalue weighted by Gasteiger charge is -2.09. The normalized spacial score (nSPS) is 10.1. The van der Waals surface area contributed by atoms with Gasteiger partial charge in [0, 0.05) is 5.69 Å². The van der Waals surface area contributed by atoms with Crippen molar-refractivity contribution in [1.29, 1.82) is 0 Å². The number of hydrogen-bond donors (Lipinski definition) is 2. The molecular weight excluding hydrogens is 264 g/mol. The van der Waals surface area contributed by atoms with Gasteiger partial charge in [-0.2, -0.15) is 0 Å². The summed E-state index contributed by atoms with van der Waals surface area (Å²) in [5, 5.41) is 3.13. The van der Waals surface area contributed by atoms with Crippen molar-refractivity contribution in [2.24, 2.45) is 0 Å². The molecule has 0 amide bonds. The van der Waals surface area contributed by atoms with Crippen molar-refractivity contribution in [3.05, 3.63) is 67.1 Å². The number of aromatic nitrogens is 2. The smallest absolute Gasteiger partial charge is 0.157 e. The zero-order valence-corrected chi connectivity index (χ0v) is 11.2. The van der Waals surface area contributed by atoms with Gasteiger partial charge < -0.3 is 15.8 Å². The van der Waals surface area contributed by atoms with E-state index in [-0.39, 0.29) is 0 Å². The molecule has 0 aliphatic carbocycles. The number of benzene rings is 2. The number of nitrogens with two attached hydrogens (primary N) is 1. The number of rotatable bonds is 4. The van der Waals surface area contributed by atoms with E-state index in [4.69, 9.17) is 10.5 Å². The molecule has 3 N–H and O–H groups in total. The molecule has 0 fully saturated rings. The van der Waals surface area contributed by atoms with Crippen molar-refractivity contribution in [3.8, 4) is 11.5 Å². The van der Waals surface area contributed by atoms with Gasteiger partial charge in [0.2, 0.25) is 0 Å². The Balaban J connectivity index is 1.71. The van der Waals surface area contributed by atoms with Gasteiger partial charge in [-0.25, -0.2) is 9.97 Å². The Morgan fingerprint density at radius 2 is 1.62 bits per heavy atom. The van der Waals surface area contributed by atoms with E-state index in [1.807, 2.05) is 54.6 Å². The van der Waals surface area contributed by atoms with Crippen LogP contribution in [-0.4, -0.2) is 9.97 Å². The average molecular weight is 278 g/mol. The van der Waals surface area contributed by atoms with Gasteiger partial charge >= 0.3 is 0 Å². The minimum absolute atomic E-state index is 0.502. The van der Waals surface area contributed by atoms with E-state index in [1.54, 1.807) is 6.20 Å². The van der Waals surface area contributed by atoms with Gasteiger partial charge in [-0.1, -0.05) is 18.2 Å². The summed E-state index contributed by atoms with van der Waals surface area (Å²) in [7, 11) is 0. The first-order valence-corrected chi connectivity index (χ1v) is 6.47. The van der Waals surface area contributed by atoms with Gasteiger partial charge in [0.15, 0.2) is 5.82 Å². The molecule has 0 saturated carbocycles. The predicted molar refractivity (Wildman–Crippen MR) is 82.7 cm³/mol. The number of hydrogen-bond acceptors (Lipinski definition) is 5. The number of para-hydroxylation sites is 1. The molecule has 0 saturated heterocycles. The van der Waals surface area contributed by atoms with Crippen LogP contribution >= 0.6 is 0 Å². The fourth-order valence-electron chi connectivity index (χ4n) is 1.81. The molecule has 5 nitrogen and oxygen atoms in total. The molecule has 2 aromatic carbocycles. The maximum atomic E-state index is 5.79. The number of nitrogens with zero attached hydrogens (tertiary/aromatic N) is 2. The zero-order valence-electron chi connectivity index (χ0n) is 11.2. The van der Waals surface area contributed by atoms with Crippen molar-refractivity contribution >= 4 is 17.2 Å². The monoisotopic (exact) mass is 278 g/mol. The van der Waals surface area contributed by atoms with Crippen LogP contribution in [0.5, 0.6) is 11.5 Å². The highest BCUT2D eigenvalue weighted by Crippen LogP contribution is 2.24. The lowest BCUT2D eigenvalue weighted by atomic mass is 10.3. The molecule has 1 aromatic heterocycles. The van der Waals surface area contributed by atoms with E-state index >= 15 is 0 Å². The van der Waals surface area contributed by atoms with E-state index in [9.17, 15) is 0 Å². The molecule has 21 heavy (non-hydrogen) atoms. The highest BCUT2D eigenvalue weighted by molar-refractivity contribution is 5.67. The Morgan fingerprint density at radius 1 is 0.905 bits per heavy atom. The second kappa shape index (κ2) is 5.92. The van der Waals surface area contributed by atoms with Gasteiger partial charge in [0.1, 0.15) is 17.8 Å². The molecule has 0 unspecified atom stereocenters. The van der Waals surface area contributed by atoms with Crippen LogP contribution in [0.3, 0.4) is 0 Å². The molecular formula is C16H14N4O. The van der Waals surface area contributed by atoms with E-state index in [0.29, 0.717) is 11.5 Å². The Morgan fingerprint density at radius 3 is 2.33 bits per heavy atom. The topological polar surface area (TPSA) is 73.1 Å². The number of anilines is 3. The Bertz CT molecular complexity index is 714. The number of ether oxygens (including phenoxy) is 1. The number of nitrogens with one attached hydrogen (secondary N) is 1. The largest absolute Gasteiger partial charge is 0.457 e. The van der Waals surface area contributed by atoms with E-state index in [0.717, 1.165) is 17.2 Å². The molecule has 0 aliphatic rings. The zero-order chi connectivity index (χ0) is 14.5. The van der Waals surface area contributed by atoms with Crippen molar-refractivity contribution in [2.75, 3.05) is 11.1 Å². The third-order valence-electron chi connectivity index (χ3n) is 2.84. The summed E-state index contributed by atoms with van der Waals surface area (Å²) in [6.45, 7) is 0. The first-order valence-electron chi connectivity index (χ1n) is 6.47. The molecule has 0 atom stereocenters. The van der Waals surface area contributed by atoms with Crippen LogP contribution in [0.1, 0.15) is 0 Å². The summed E-state index contributed by atoms with van der Waals surface area (Å²) in [6.07, 6.45) is 3.01. The van der Waals surface area contributed by atoms with Crippen molar-refractivity contribution in [3.63, 3.8) is 0 Å². The standard InChI is InChI=1S/C16H14N4O/c17-15-10-18-11-19-16(15)20-12-6-8-14(9-7-12)21-13-4-2-1-3-5-13/h1-11H,17H2,(H,18,19,20). The maximum absolute atomic E-state index is 5.79. The second-order valence-corrected chi connectivity index (χ2v) is 4.39. The highest BCUT2D eigenvalue weighted by atomic mass is 16.5. The first kappa shape index (κ1) is 12.9. The van der Waals surface area contributed by atoms with Gasteiger partial charge in [0.25, 0.3) is 0 Å². The molecule has 0 aliphatic heterocycles. The molecule has 0 bridgehead atoms. The third-order valence-corrected chi connectivity index (χ3v) is 2.84. The second-order valence-electron chi connectivity index (χ2n) is 4.39. The van der Waals surface area contributed by atoms with Gasteiger partial charge in [-0.05, 0) is 36.4 Å². The lowest BCUT2D eigenvalue weighted by molar-refractivity contribution is 0.483. The maximum Gasteiger partial charge on any atom is 0.157 e. The van der Waals surface area contributed by atoms with Crippen LogP contribution in [0, 0.1) is 0 Å². The minimum atomic E-state index is 0.502. The third kappa shape index (κ3) is 3.27. The van der Waals surface area contributed by atoms with Crippen LogP contribution in [0.25, 0.3) is 0 Å². The van der Waals surface area contributed by atoms with Crippen molar-refractivity contribution in [2.45, 2.75) is 0 Å². The quantitative estimate of drug-likeness (QED) is 0.763. The van der Waals surface area contributed by atoms with Gasteiger partial charge in [-0.15, -0.1) is 0 Å². The number of nitrogen functional groups attached to an aromatic ring is 1. The lowest BCUT2D eigenvalue weighted by Crippen LogP contribution is -1.99. The summed E-state index contributed by atoms with van der Waals surface area (Å²) < 4.78 is 5.73. The summed E-state index contributed by atoms with van der Waals surface area (Å²) >= 11 is 0. The predicted octanol–water partition coefficient (Wildman–Crippen LogP) is 3.59. The van der Waals surface area contributed by atoms with Gasteiger partial charge in [-0.3, -0.25) is 0 Å².